The number of likely N-dealkylation sites (N-methyl/N-ethyl adjacent to an activating group) is 1. The van der Waals surface area contributed by atoms with E-state index in [4.69, 9.17) is 4.42 Å². The summed E-state index contributed by atoms with van der Waals surface area (Å²) in [6.07, 6.45) is 0. The van der Waals surface area contributed by atoms with E-state index >= 15 is 0 Å². The molecule has 0 aliphatic carbocycles. The molecule has 100 valence electrons. The van der Waals surface area contributed by atoms with E-state index < -0.39 is 0 Å². The summed E-state index contributed by atoms with van der Waals surface area (Å²) in [5.41, 5.74) is 2.26. The van der Waals surface area contributed by atoms with Gasteiger partial charge in [0.2, 0.25) is 0 Å². The Labute approximate surface area is 109 Å². The molecule has 0 saturated carbocycles. The second-order valence-corrected chi connectivity index (χ2v) is 4.69. The lowest BCUT2D eigenvalue weighted by atomic mass is 10.1. The summed E-state index contributed by atoms with van der Waals surface area (Å²) in [6, 6.07) is 5.47. The van der Waals surface area contributed by atoms with Crippen LogP contribution in [-0.4, -0.2) is 28.6 Å². The number of fused-ring (bicyclic) bond motifs is 1. The van der Waals surface area contributed by atoms with Crippen LogP contribution in [0.15, 0.2) is 27.4 Å². The number of nitrogens with zero attached hydrogens (tertiary/aromatic N) is 2. The number of rotatable bonds is 2. The summed E-state index contributed by atoms with van der Waals surface area (Å²) in [7, 11) is 1.67. The summed E-state index contributed by atoms with van der Waals surface area (Å²) in [4.78, 5) is 24.8. The van der Waals surface area contributed by atoms with E-state index in [0.29, 0.717) is 18.7 Å². The van der Waals surface area contributed by atoms with Crippen molar-refractivity contribution in [1.29, 1.82) is 0 Å². The first-order valence-corrected chi connectivity index (χ1v) is 6.25. The Morgan fingerprint density at radius 3 is 2.89 bits per heavy atom. The van der Waals surface area contributed by atoms with Gasteiger partial charge in [-0.05, 0) is 24.6 Å². The minimum Gasteiger partial charge on any atom is -0.408 e. The summed E-state index contributed by atoms with van der Waals surface area (Å²) < 4.78 is 6.62. The van der Waals surface area contributed by atoms with Gasteiger partial charge >= 0.3 is 11.8 Å². The second kappa shape index (κ2) is 4.15. The van der Waals surface area contributed by atoms with Crippen LogP contribution in [0.1, 0.15) is 18.5 Å². The van der Waals surface area contributed by atoms with Gasteiger partial charge in [0.05, 0.1) is 11.6 Å². The molecule has 1 aromatic carbocycles. The molecule has 1 unspecified atom stereocenters. The highest BCUT2D eigenvalue weighted by Gasteiger charge is 2.28. The van der Waals surface area contributed by atoms with Crippen molar-refractivity contribution in [3.63, 3.8) is 0 Å². The van der Waals surface area contributed by atoms with Crippen LogP contribution >= 0.6 is 0 Å². The van der Waals surface area contributed by atoms with Gasteiger partial charge in [-0.2, -0.15) is 0 Å². The minimum absolute atomic E-state index is 0.0534. The van der Waals surface area contributed by atoms with Gasteiger partial charge in [-0.25, -0.2) is 9.59 Å². The maximum absolute atomic E-state index is 11.6. The molecule has 6 nitrogen and oxygen atoms in total. The highest BCUT2D eigenvalue weighted by atomic mass is 16.4. The number of amides is 2. The normalized spacial score (nSPS) is 19.2. The first kappa shape index (κ1) is 11.8. The fraction of sp³-hybridized carbons (Fsp3) is 0.385. The lowest BCUT2D eigenvalue weighted by molar-refractivity contribution is 0.219. The third-order valence-electron chi connectivity index (χ3n) is 3.59. The fourth-order valence-electron chi connectivity index (χ4n) is 2.42. The van der Waals surface area contributed by atoms with Gasteiger partial charge in [-0.1, -0.05) is 6.07 Å². The molecule has 0 radical (unpaired) electrons. The predicted molar refractivity (Wildman–Crippen MR) is 70.0 cm³/mol. The molecule has 1 saturated heterocycles. The van der Waals surface area contributed by atoms with Crippen molar-refractivity contribution < 1.29 is 9.21 Å². The lowest BCUT2D eigenvalue weighted by Crippen LogP contribution is -2.27. The number of aryl methyl sites for hydroxylation is 1. The van der Waals surface area contributed by atoms with E-state index in [1.54, 1.807) is 11.9 Å². The Morgan fingerprint density at radius 2 is 2.21 bits per heavy atom. The van der Waals surface area contributed by atoms with Gasteiger partial charge in [0, 0.05) is 20.1 Å². The van der Waals surface area contributed by atoms with Crippen LogP contribution in [0.25, 0.3) is 11.1 Å². The molecule has 2 heterocycles. The monoisotopic (exact) mass is 261 g/mol. The zero-order valence-electron chi connectivity index (χ0n) is 10.8. The first-order valence-electron chi connectivity index (χ1n) is 6.25. The molecule has 19 heavy (non-hydrogen) atoms. The maximum atomic E-state index is 11.6. The number of carbonyl (C=O) groups excluding carboxylic acids is 1. The Balaban J connectivity index is 1.98. The largest absolute Gasteiger partial charge is 0.419 e. The molecule has 1 atom stereocenters. The molecule has 0 bridgehead atoms. The molecule has 1 fully saturated rings. The molecule has 1 N–H and O–H groups in total. The SMILES string of the molecule is CCN1CC(c2ccc3c(c2)oc(=O)n3C)NC1=O. The number of aromatic nitrogens is 1. The van der Waals surface area contributed by atoms with E-state index in [-0.39, 0.29) is 17.8 Å². The van der Waals surface area contributed by atoms with E-state index in [1.165, 1.54) is 4.57 Å². The van der Waals surface area contributed by atoms with Crippen molar-refractivity contribution in [2.45, 2.75) is 13.0 Å². The highest BCUT2D eigenvalue weighted by molar-refractivity contribution is 5.78. The molecular weight excluding hydrogens is 246 g/mol. The summed E-state index contributed by atoms with van der Waals surface area (Å²) in [5, 5.41) is 2.92. The number of carbonyl (C=O) groups is 1. The minimum atomic E-state index is -0.377. The van der Waals surface area contributed by atoms with Crippen LogP contribution in [0.5, 0.6) is 0 Å². The standard InChI is InChI=1S/C13H15N3O3/c1-3-16-7-9(14-12(16)17)8-4-5-10-11(6-8)19-13(18)15(10)2/h4-6,9H,3,7H2,1-2H3,(H,14,17). The van der Waals surface area contributed by atoms with Crippen molar-refractivity contribution in [3.05, 3.63) is 34.3 Å². The van der Waals surface area contributed by atoms with Crippen molar-refractivity contribution in [3.8, 4) is 0 Å². The van der Waals surface area contributed by atoms with Gasteiger partial charge in [0.1, 0.15) is 0 Å². The molecule has 1 aliphatic rings. The molecule has 0 spiro atoms. The van der Waals surface area contributed by atoms with Crippen molar-refractivity contribution in [2.75, 3.05) is 13.1 Å². The number of hydrogen-bond acceptors (Lipinski definition) is 3. The van der Waals surface area contributed by atoms with Gasteiger partial charge in [0.25, 0.3) is 0 Å². The van der Waals surface area contributed by atoms with Gasteiger partial charge in [-0.15, -0.1) is 0 Å². The van der Waals surface area contributed by atoms with E-state index in [2.05, 4.69) is 5.32 Å². The third-order valence-corrected chi connectivity index (χ3v) is 3.59. The smallest absolute Gasteiger partial charge is 0.408 e. The van der Waals surface area contributed by atoms with Crippen molar-refractivity contribution in [2.24, 2.45) is 7.05 Å². The van der Waals surface area contributed by atoms with Crippen LogP contribution < -0.4 is 11.1 Å². The molecule has 1 aliphatic heterocycles. The summed E-state index contributed by atoms with van der Waals surface area (Å²) in [6.45, 7) is 3.27. The lowest BCUT2D eigenvalue weighted by Gasteiger charge is -2.11. The zero-order valence-corrected chi connectivity index (χ0v) is 10.8. The number of benzene rings is 1. The van der Waals surface area contributed by atoms with Crippen molar-refractivity contribution in [1.82, 2.24) is 14.8 Å². The van der Waals surface area contributed by atoms with Crippen LogP contribution in [0, 0.1) is 0 Å². The number of nitrogens with one attached hydrogen (secondary N) is 1. The Morgan fingerprint density at radius 1 is 1.42 bits per heavy atom. The molecule has 2 amide bonds. The summed E-state index contributed by atoms with van der Waals surface area (Å²) >= 11 is 0. The van der Waals surface area contributed by atoms with E-state index in [9.17, 15) is 9.59 Å². The van der Waals surface area contributed by atoms with Gasteiger partial charge in [-0.3, -0.25) is 4.57 Å². The average molecular weight is 261 g/mol. The Hall–Kier alpha value is -2.24. The Bertz CT molecular complexity index is 701. The topological polar surface area (TPSA) is 67.5 Å². The second-order valence-electron chi connectivity index (χ2n) is 4.69. The zero-order chi connectivity index (χ0) is 13.6. The Kier molecular flexibility index (Phi) is 2.58. The number of hydrogen-bond donors (Lipinski definition) is 1. The molecule has 2 aromatic rings. The molecule has 3 rings (SSSR count). The highest BCUT2D eigenvalue weighted by Crippen LogP contribution is 2.23. The summed E-state index contributed by atoms with van der Waals surface area (Å²) in [5.74, 6) is -0.377. The molecule has 6 heteroatoms. The van der Waals surface area contributed by atoms with Crippen LogP contribution in [0.4, 0.5) is 4.79 Å². The fourth-order valence-corrected chi connectivity index (χ4v) is 2.42. The number of oxazole rings is 1. The van der Waals surface area contributed by atoms with E-state index in [0.717, 1.165) is 11.1 Å². The van der Waals surface area contributed by atoms with Crippen LogP contribution in [-0.2, 0) is 7.05 Å². The van der Waals surface area contributed by atoms with E-state index in [1.807, 2.05) is 25.1 Å². The third kappa shape index (κ3) is 1.80. The quantitative estimate of drug-likeness (QED) is 0.883. The predicted octanol–water partition coefficient (Wildman–Crippen LogP) is 1.22. The van der Waals surface area contributed by atoms with Crippen LogP contribution in [0.2, 0.25) is 0 Å². The molecule has 1 aromatic heterocycles. The van der Waals surface area contributed by atoms with Crippen LogP contribution in [0.3, 0.4) is 0 Å². The first-order chi connectivity index (χ1) is 9.10. The molecular formula is C13H15N3O3. The van der Waals surface area contributed by atoms with Crippen molar-refractivity contribution >= 4 is 17.1 Å². The van der Waals surface area contributed by atoms with Gasteiger partial charge in [0.15, 0.2) is 5.58 Å². The average Bonchev–Trinajstić information content (AvgIpc) is 2.91. The van der Waals surface area contributed by atoms with Gasteiger partial charge < -0.3 is 14.6 Å². The maximum Gasteiger partial charge on any atom is 0.419 e. The number of urea groups is 1.